The van der Waals surface area contributed by atoms with Gasteiger partial charge >= 0.3 is 0 Å². The van der Waals surface area contributed by atoms with Crippen molar-refractivity contribution >= 4 is 5.69 Å². The van der Waals surface area contributed by atoms with Gasteiger partial charge in [0, 0.05) is 25.7 Å². The number of hydrogen-bond acceptors (Lipinski definition) is 4. The lowest BCUT2D eigenvalue weighted by Gasteiger charge is -2.44. The minimum atomic E-state index is 0.495. The molecule has 1 atom stereocenters. The summed E-state index contributed by atoms with van der Waals surface area (Å²) < 4.78 is 0. The molecule has 3 heterocycles. The first-order chi connectivity index (χ1) is 8.86. The second kappa shape index (κ2) is 4.95. The lowest BCUT2D eigenvalue weighted by Crippen LogP contribution is -2.54. The van der Waals surface area contributed by atoms with Gasteiger partial charge in [-0.25, -0.2) is 4.98 Å². The Hall–Kier alpha value is -1.60. The molecule has 2 aliphatic rings. The fraction of sp³-hybridized carbons (Fsp3) is 0.571. The zero-order valence-corrected chi connectivity index (χ0v) is 10.5. The molecule has 0 bridgehead atoms. The largest absolute Gasteiger partial charge is 0.367 e. The van der Waals surface area contributed by atoms with Crippen molar-refractivity contribution in [3.8, 4) is 6.07 Å². The Morgan fingerprint density at radius 1 is 1.22 bits per heavy atom. The summed E-state index contributed by atoms with van der Waals surface area (Å²) in [4.78, 5) is 9.19. The molecular formula is C14H18N4. The molecule has 0 amide bonds. The van der Waals surface area contributed by atoms with E-state index in [9.17, 15) is 0 Å². The molecular weight excluding hydrogens is 224 g/mol. The van der Waals surface area contributed by atoms with E-state index in [1.807, 2.05) is 18.3 Å². The van der Waals surface area contributed by atoms with E-state index in [-0.39, 0.29) is 0 Å². The summed E-state index contributed by atoms with van der Waals surface area (Å²) in [5.41, 5.74) is 1.65. The van der Waals surface area contributed by atoms with Gasteiger partial charge in [-0.3, -0.25) is 4.90 Å². The first kappa shape index (κ1) is 11.5. The van der Waals surface area contributed by atoms with Crippen LogP contribution in [-0.2, 0) is 0 Å². The minimum Gasteiger partial charge on any atom is -0.367 e. The number of hydrogen-bond donors (Lipinski definition) is 0. The number of rotatable bonds is 1. The first-order valence-electron chi connectivity index (χ1n) is 6.72. The van der Waals surface area contributed by atoms with Crippen LogP contribution in [0, 0.1) is 11.3 Å². The van der Waals surface area contributed by atoms with Crippen LogP contribution >= 0.6 is 0 Å². The van der Waals surface area contributed by atoms with Crippen LogP contribution in [0.4, 0.5) is 5.69 Å². The van der Waals surface area contributed by atoms with Gasteiger partial charge in [0.05, 0.1) is 11.9 Å². The molecule has 3 rings (SSSR count). The van der Waals surface area contributed by atoms with Crippen molar-refractivity contribution in [2.45, 2.75) is 25.3 Å². The summed E-state index contributed by atoms with van der Waals surface area (Å²) >= 11 is 0. The molecule has 2 aliphatic heterocycles. The molecule has 0 aliphatic carbocycles. The van der Waals surface area contributed by atoms with Gasteiger partial charge < -0.3 is 4.90 Å². The molecule has 2 saturated heterocycles. The van der Waals surface area contributed by atoms with E-state index in [0.717, 1.165) is 25.3 Å². The summed E-state index contributed by atoms with van der Waals surface area (Å²) in [6.45, 7) is 4.60. The Morgan fingerprint density at radius 2 is 2.17 bits per heavy atom. The van der Waals surface area contributed by atoms with Crippen LogP contribution in [-0.4, -0.2) is 42.1 Å². The normalized spacial score (nSPS) is 24.4. The van der Waals surface area contributed by atoms with Crippen LogP contribution in [0.3, 0.4) is 0 Å². The molecule has 18 heavy (non-hydrogen) atoms. The van der Waals surface area contributed by atoms with Gasteiger partial charge in [-0.15, -0.1) is 0 Å². The average Bonchev–Trinajstić information content (AvgIpc) is 2.47. The molecule has 1 unspecified atom stereocenters. The Bertz CT molecular complexity index is 448. The zero-order valence-electron chi connectivity index (χ0n) is 10.5. The molecule has 0 radical (unpaired) electrons. The molecule has 4 heteroatoms. The first-order valence-corrected chi connectivity index (χ1v) is 6.72. The number of nitrogens with zero attached hydrogens (tertiary/aromatic N) is 4. The lowest BCUT2D eigenvalue weighted by molar-refractivity contribution is 0.133. The SMILES string of the molecule is N#Cc1ccc(N2CCN3CCCCC3C2)cn1. The number of nitriles is 1. The van der Waals surface area contributed by atoms with E-state index in [0.29, 0.717) is 11.7 Å². The summed E-state index contributed by atoms with van der Waals surface area (Å²) in [6, 6.07) is 6.60. The maximum absolute atomic E-state index is 8.76. The van der Waals surface area contributed by atoms with E-state index < -0.39 is 0 Å². The van der Waals surface area contributed by atoms with Crippen LogP contribution in [0.1, 0.15) is 25.0 Å². The Kier molecular flexibility index (Phi) is 3.16. The van der Waals surface area contributed by atoms with Crippen LogP contribution in [0.15, 0.2) is 18.3 Å². The molecule has 0 N–H and O–H groups in total. The summed E-state index contributed by atoms with van der Waals surface area (Å²) in [5, 5.41) is 8.76. The molecule has 0 saturated carbocycles. The van der Waals surface area contributed by atoms with Gasteiger partial charge in [0.25, 0.3) is 0 Å². The smallest absolute Gasteiger partial charge is 0.140 e. The Labute approximate surface area is 108 Å². The predicted molar refractivity (Wildman–Crippen MR) is 70.4 cm³/mol. The number of fused-ring (bicyclic) bond motifs is 1. The molecule has 1 aromatic rings. The quantitative estimate of drug-likeness (QED) is 0.750. The average molecular weight is 242 g/mol. The van der Waals surface area contributed by atoms with Gasteiger partial charge in [-0.05, 0) is 31.5 Å². The van der Waals surface area contributed by atoms with E-state index in [1.165, 1.54) is 25.8 Å². The molecule has 0 spiro atoms. The molecule has 4 nitrogen and oxygen atoms in total. The van der Waals surface area contributed by atoms with Crippen LogP contribution in [0.2, 0.25) is 0 Å². The third kappa shape index (κ3) is 2.19. The molecule has 1 aromatic heterocycles. The second-order valence-electron chi connectivity index (χ2n) is 5.15. The van der Waals surface area contributed by atoms with Gasteiger partial charge in [0.15, 0.2) is 0 Å². The fourth-order valence-corrected chi connectivity index (χ4v) is 3.03. The highest BCUT2D eigenvalue weighted by Crippen LogP contribution is 2.24. The summed E-state index contributed by atoms with van der Waals surface area (Å²) in [6.07, 6.45) is 5.87. The van der Waals surface area contributed by atoms with Crippen molar-refractivity contribution in [2.75, 3.05) is 31.1 Å². The Balaban J connectivity index is 1.71. The number of piperidine rings is 1. The van der Waals surface area contributed by atoms with Gasteiger partial charge in [0.1, 0.15) is 11.8 Å². The summed E-state index contributed by atoms with van der Waals surface area (Å²) in [5.74, 6) is 0. The standard InChI is InChI=1S/C14H18N4/c15-9-12-4-5-13(10-16-12)18-8-7-17-6-2-1-3-14(17)11-18/h4-5,10,14H,1-3,6-8,11H2. The maximum atomic E-state index is 8.76. The fourth-order valence-electron chi connectivity index (χ4n) is 3.03. The van der Waals surface area contributed by atoms with Crippen LogP contribution in [0.25, 0.3) is 0 Å². The van der Waals surface area contributed by atoms with E-state index >= 15 is 0 Å². The third-order valence-electron chi connectivity index (χ3n) is 4.06. The van der Waals surface area contributed by atoms with Crippen molar-refractivity contribution < 1.29 is 0 Å². The van der Waals surface area contributed by atoms with Crippen LogP contribution < -0.4 is 4.90 Å². The highest BCUT2D eigenvalue weighted by atomic mass is 15.3. The van der Waals surface area contributed by atoms with Crippen LogP contribution in [0.5, 0.6) is 0 Å². The maximum Gasteiger partial charge on any atom is 0.140 e. The minimum absolute atomic E-state index is 0.495. The lowest BCUT2D eigenvalue weighted by atomic mass is 9.99. The van der Waals surface area contributed by atoms with Crippen molar-refractivity contribution in [3.63, 3.8) is 0 Å². The van der Waals surface area contributed by atoms with E-state index in [1.54, 1.807) is 0 Å². The number of pyridine rings is 1. The van der Waals surface area contributed by atoms with Gasteiger partial charge in [-0.1, -0.05) is 6.42 Å². The van der Waals surface area contributed by atoms with E-state index in [2.05, 4.69) is 20.9 Å². The molecule has 94 valence electrons. The Morgan fingerprint density at radius 3 is 2.94 bits per heavy atom. The zero-order chi connectivity index (χ0) is 12.4. The van der Waals surface area contributed by atoms with Crippen molar-refractivity contribution in [1.29, 1.82) is 5.26 Å². The topological polar surface area (TPSA) is 43.2 Å². The van der Waals surface area contributed by atoms with Crippen molar-refractivity contribution in [2.24, 2.45) is 0 Å². The van der Waals surface area contributed by atoms with Crippen molar-refractivity contribution in [3.05, 3.63) is 24.0 Å². The highest BCUT2D eigenvalue weighted by Gasteiger charge is 2.28. The van der Waals surface area contributed by atoms with E-state index in [4.69, 9.17) is 5.26 Å². The molecule has 2 fully saturated rings. The predicted octanol–water partition coefficient (Wildman–Crippen LogP) is 1.63. The second-order valence-corrected chi connectivity index (χ2v) is 5.15. The van der Waals surface area contributed by atoms with Gasteiger partial charge in [0.2, 0.25) is 0 Å². The van der Waals surface area contributed by atoms with Gasteiger partial charge in [-0.2, -0.15) is 5.26 Å². The number of piperazine rings is 1. The van der Waals surface area contributed by atoms with Crippen molar-refractivity contribution in [1.82, 2.24) is 9.88 Å². The highest BCUT2D eigenvalue weighted by molar-refractivity contribution is 5.46. The number of anilines is 1. The molecule has 0 aromatic carbocycles. The third-order valence-corrected chi connectivity index (χ3v) is 4.06. The summed E-state index contributed by atoms with van der Waals surface area (Å²) in [7, 11) is 0. The number of aromatic nitrogens is 1. The monoisotopic (exact) mass is 242 g/mol.